The molecule has 2 heterocycles. The summed E-state index contributed by atoms with van der Waals surface area (Å²) in [5, 5.41) is 0.532. The number of piperazine rings is 1. The number of halogens is 1. The van der Waals surface area contributed by atoms with Gasteiger partial charge in [0.05, 0.1) is 5.02 Å². The van der Waals surface area contributed by atoms with Crippen molar-refractivity contribution in [3.63, 3.8) is 0 Å². The molecule has 24 heavy (non-hydrogen) atoms. The first kappa shape index (κ1) is 16.5. The van der Waals surface area contributed by atoms with Crippen molar-refractivity contribution in [3.05, 3.63) is 41.7 Å². The first-order chi connectivity index (χ1) is 11.7. The summed E-state index contributed by atoms with van der Waals surface area (Å²) in [6, 6.07) is 9.05. The van der Waals surface area contributed by atoms with Crippen LogP contribution in [-0.2, 0) is 4.79 Å². The number of aromatic nitrogens is 2. The lowest BCUT2D eigenvalue weighted by Crippen LogP contribution is -2.48. The first-order valence-corrected chi connectivity index (χ1v) is 8.32. The number of amides is 1. The summed E-state index contributed by atoms with van der Waals surface area (Å²) in [6.45, 7) is 4.79. The summed E-state index contributed by atoms with van der Waals surface area (Å²) in [7, 11) is 0. The first-order valence-electron chi connectivity index (χ1n) is 7.94. The Bertz CT molecular complexity index is 717. The average molecular weight is 347 g/mol. The Balaban J connectivity index is 1.68. The normalized spacial score (nSPS) is 14.6. The van der Waals surface area contributed by atoms with Gasteiger partial charge in [0.25, 0.3) is 0 Å². The molecule has 0 bridgehead atoms. The number of rotatable bonds is 4. The quantitative estimate of drug-likeness (QED) is 0.851. The monoisotopic (exact) mass is 346 g/mol. The van der Waals surface area contributed by atoms with Gasteiger partial charge in [-0.25, -0.2) is 9.97 Å². The van der Waals surface area contributed by atoms with Gasteiger partial charge in [0.2, 0.25) is 11.8 Å². The van der Waals surface area contributed by atoms with E-state index in [2.05, 4.69) is 14.9 Å². The second-order valence-corrected chi connectivity index (χ2v) is 5.88. The van der Waals surface area contributed by atoms with Crippen LogP contribution in [-0.4, -0.2) is 47.0 Å². The van der Waals surface area contributed by atoms with Crippen LogP contribution in [0.25, 0.3) is 0 Å². The standard InChI is InChI=1S/C17H19ClN4O2/c1-2-17(23)22-9-7-21(8-10-22)15-11-16(20-12-19-15)24-14-6-4-3-5-13(14)18/h3-6,11-12H,2,7-10H2,1H3. The molecule has 1 aromatic carbocycles. The zero-order chi connectivity index (χ0) is 16.9. The largest absolute Gasteiger partial charge is 0.437 e. The minimum Gasteiger partial charge on any atom is -0.437 e. The van der Waals surface area contributed by atoms with Crippen molar-refractivity contribution < 1.29 is 9.53 Å². The van der Waals surface area contributed by atoms with Gasteiger partial charge in [-0.2, -0.15) is 0 Å². The van der Waals surface area contributed by atoms with Gasteiger partial charge in [-0.3, -0.25) is 4.79 Å². The third-order valence-electron chi connectivity index (χ3n) is 3.94. The van der Waals surface area contributed by atoms with Crippen molar-refractivity contribution in [2.75, 3.05) is 31.1 Å². The Morgan fingerprint density at radius 2 is 1.96 bits per heavy atom. The molecule has 0 saturated carbocycles. The van der Waals surface area contributed by atoms with Gasteiger partial charge in [-0.15, -0.1) is 0 Å². The maximum Gasteiger partial charge on any atom is 0.224 e. The minimum absolute atomic E-state index is 0.195. The van der Waals surface area contributed by atoms with Crippen molar-refractivity contribution in [2.24, 2.45) is 0 Å². The molecular weight excluding hydrogens is 328 g/mol. The number of para-hydroxylation sites is 1. The van der Waals surface area contributed by atoms with Gasteiger partial charge >= 0.3 is 0 Å². The molecule has 7 heteroatoms. The Morgan fingerprint density at radius 3 is 2.67 bits per heavy atom. The summed E-state index contributed by atoms with van der Waals surface area (Å²) in [5.41, 5.74) is 0. The Kier molecular flexibility index (Phi) is 5.15. The van der Waals surface area contributed by atoms with E-state index in [-0.39, 0.29) is 5.91 Å². The maximum atomic E-state index is 11.7. The zero-order valence-corrected chi connectivity index (χ0v) is 14.2. The Morgan fingerprint density at radius 1 is 1.21 bits per heavy atom. The van der Waals surface area contributed by atoms with E-state index >= 15 is 0 Å². The minimum atomic E-state index is 0.195. The molecular formula is C17H19ClN4O2. The summed E-state index contributed by atoms with van der Waals surface area (Å²) in [4.78, 5) is 24.2. The second-order valence-electron chi connectivity index (χ2n) is 5.47. The molecule has 1 aliphatic heterocycles. The van der Waals surface area contributed by atoms with E-state index in [1.165, 1.54) is 6.33 Å². The average Bonchev–Trinajstić information content (AvgIpc) is 2.63. The lowest BCUT2D eigenvalue weighted by molar-refractivity contribution is -0.131. The summed E-state index contributed by atoms with van der Waals surface area (Å²) < 4.78 is 5.74. The molecule has 0 radical (unpaired) electrons. The van der Waals surface area contributed by atoms with Gasteiger partial charge in [-0.05, 0) is 12.1 Å². The fraction of sp³-hybridized carbons (Fsp3) is 0.353. The topological polar surface area (TPSA) is 58.6 Å². The second kappa shape index (κ2) is 7.49. The number of carbonyl (C=O) groups excluding carboxylic acids is 1. The Labute approximate surface area is 146 Å². The van der Waals surface area contributed by atoms with Crippen LogP contribution in [0.5, 0.6) is 11.6 Å². The van der Waals surface area contributed by atoms with Gasteiger partial charge in [0.15, 0.2) is 0 Å². The lowest BCUT2D eigenvalue weighted by atomic mass is 10.3. The molecule has 3 rings (SSSR count). The fourth-order valence-corrected chi connectivity index (χ4v) is 2.78. The van der Waals surface area contributed by atoms with Crippen LogP contribution in [0.2, 0.25) is 5.02 Å². The fourth-order valence-electron chi connectivity index (χ4n) is 2.61. The van der Waals surface area contributed by atoms with E-state index < -0.39 is 0 Å². The molecule has 0 N–H and O–H groups in total. The molecule has 1 aliphatic rings. The summed E-state index contributed by atoms with van der Waals surface area (Å²) in [6.07, 6.45) is 2.02. The van der Waals surface area contributed by atoms with Crippen molar-refractivity contribution >= 4 is 23.3 Å². The predicted molar refractivity (Wildman–Crippen MR) is 92.6 cm³/mol. The van der Waals surface area contributed by atoms with Crippen LogP contribution in [0.1, 0.15) is 13.3 Å². The molecule has 1 amide bonds. The predicted octanol–water partition coefficient (Wildman–Crippen LogP) is 2.98. The molecule has 0 spiro atoms. The molecule has 1 saturated heterocycles. The molecule has 0 aliphatic carbocycles. The molecule has 126 valence electrons. The highest BCUT2D eigenvalue weighted by molar-refractivity contribution is 6.32. The van der Waals surface area contributed by atoms with Crippen molar-refractivity contribution in [1.29, 1.82) is 0 Å². The lowest BCUT2D eigenvalue weighted by Gasteiger charge is -2.35. The number of nitrogens with zero attached hydrogens (tertiary/aromatic N) is 4. The molecule has 0 atom stereocenters. The SMILES string of the molecule is CCC(=O)N1CCN(c2cc(Oc3ccccc3Cl)ncn2)CC1. The summed E-state index contributed by atoms with van der Waals surface area (Å²) in [5.74, 6) is 1.98. The van der Waals surface area contributed by atoms with Crippen molar-refractivity contribution in [2.45, 2.75) is 13.3 Å². The van der Waals surface area contributed by atoms with Crippen LogP contribution in [0.3, 0.4) is 0 Å². The highest BCUT2D eigenvalue weighted by atomic mass is 35.5. The van der Waals surface area contributed by atoms with E-state index in [0.29, 0.717) is 36.2 Å². The molecule has 0 unspecified atom stereocenters. The van der Waals surface area contributed by atoms with E-state index in [1.54, 1.807) is 18.2 Å². The maximum absolute atomic E-state index is 11.7. The third-order valence-corrected chi connectivity index (χ3v) is 4.25. The number of ether oxygens (including phenoxy) is 1. The summed E-state index contributed by atoms with van der Waals surface area (Å²) >= 11 is 6.11. The van der Waals surface area contributed by atoms with Gasteiger partial charge < -0.3 is 14.5 Å². The van der Waals surface area contributed by atoms with E-state index in [4.69, 9.17) is 16.3 Å². The van der Waals surface area contributed by atoms with Gasteiger partial charge in [0.1, 0.15) is 17.9 Å². The smallest absolute Gasteiger partial charge is 0.224 e. The van der Waals surface area contributed by atoms with E-state index in [1.807, 2.05) is 24.0 Å². The molecule has 2 aromatic rings. The van der Waals surface area contributed by atoms with Gasteiger partial charge in [0, 0.05) is 38.7 Å². The number of hydrogen-bond acceptors (Lipinski definition) is 5. The highest BCUT2D eigenvalue weighted by Crippen LogP contribution is 2.28. The van der Waals surface area contributed by atoms with Crippen molar-refractivity contribution in [3.8, 4) is 11.6 Å². The molecule has 1 aromatic heterocycles. The van der Waals surface area contributed by atoms with Crippen LogP contribution >= 0.6 is 11.6 Å². The van der Waals surface area contributed by atoms with Crippen LogP contribution in [0, 0.1) is 0 Å². The highest BCUT2D eigenvalue weighted by Gasteiger charge is 2.21. The molecule has 1 fully saturated rings. The van der Waals surface area contributed by atoms with Crippen LogP contribution < -0.4 is 9.64 Å². The zero-order valence-electron chi connectivity index (χ0n) is 13.5. The van der Waals surface area contributed by atoms with E-state index in [9.17, 15) is 4.79 Å². The van der Waals surface area contributed by atoms with Crippen LogP contribution in [0.15, 0.2) is 36.7 Å². The van der Waals surface area contributed by atoms with Gasteiger partial charge in [-0.1, -0.05) is 30.7 Å². The number of anilines is 1. The Hall–Kier alpha value is -2.34. The number of carbonyl (C=O) groups is 1. The number of benzene rings is 1. The number of hydrogen-bond donors (Lipinski definition) is 0. The molecule has 6 nitrogen and oxygen atoms in total. The van der Waals surface area contributed by atoms with Crippen molar-refractivity contribution in [1.82, 2.24) is 14.9 Å². The van der Waals surface area contributed by atoms with E-state index in [0.717, 1.165) is 18.9 Å². The third kappa shape index (κ3) is 3.76. The van der Waals surface area contributed by atoms with Crippen LogP contribution in [0.4, 0.5) is 5.82 Å².